The lowest BCUT2D eigenvalue weighted by atomic mass is 9.90. The predicted octanol–water partition coefficient (Wildman–Crippen LogP) is 7.27. The van der Waals surface area contributed by atoms with Crippen molar-refractivity contribution < 1.29 is 14.6 Å². The number of hydrogen-bond acceptors (Lipinski definition) is 5. The average molecular weight is 545 g/mol. The van der Waals surface area contributed by atoms with Crippen molar-refractivity contribution in [2.45, 2.75) is 65.5 Å². The Morgan fingerprint density at radius 2 is 1.52 bits per heavy atom. The molecule has 0 fully saturated rings. The van der Waals surface area contributed by atoms with E-state index in [2.05, 4.69) is 100.0 Å². The number of benzene rings is 3. The first-order valence-corrected chi connectivity index (χ1v) is 14.1. The fourth-order valence-electron chi connectivity index (χ4n) is 4.39. The number of fused-ring (bicyclic) bond motifs is 1. The van der Waals surface area contributed by atoms with E-state index in [1.165, 1.54) is 41.6 Å². The van der Waals surface area contributed by atoms with Gasteiger partial charge in [-0.3, -0.25) is 0 Å². The third kappa shape index (κ3) is 9.54. The van der Waals surface area contributed by atoms with Crippen LogP contribution in [0.25, 0.3) is 0 Å². The Morgan fingerprint density at radius 3 is 2.10 bits per heavy atom. The molecule has 0 saturated carbocycles. The number of rotatable bonds is 9. The van der Waals surface area contributed by atoms with Gasteiger partial charge in [-0.2, -0.15) is 0 Å². The molecule has 0 spiro atoms. The van der Waals surface area contributed by atoms with Gasteiger partial charge in [0.05, 0.1) is 7.11 Å². The van der Waals surface area contributed by atoms with Gasteiger partial charge in [-0.25, -0.2) is 0 Å². The van der Waals surface area contributed by atoms with Crippen molar-refractivity contribution in [1.29, 1.82) is 0 Å². The number of methoxy groups -OCH3 is 1. The van der Waals surface area contributed by atoms with Crippen molar-refractivity contribution in [2.75, 3.05) is 39.3 Å². The van der Waals surface area contributed by atoms with Gasteiger partial charge < -0.3 is 24.4 Å². The molecule has 1 N–H and O–H groups in total. The van der Waals surface area contributed by atoms with E-state index in [0.717, 1.165) is 36.6 Å². The zero-order chi connectivity index (χ0) is 29.7. The number of aryl methyl sites for hydroxylation is 3. The number of terminal acetylenes is 1. The smallest absolute Gasteiger partial charge is 0.120 e. The lowest BCUT2D eigenvalue weighted by Crippen LogP contribution is -2.43. The highest BCUT2D eigenvalue weighted by Crippen LogP contribution is 2.28. The molecule has 1 aliphatic carbocycles. The maximum absolute atomic E-state index is 9.48. The first-order valence-electron chi connectivity index (χ1n) is 14.1. The summed E-state index contributed by atoms with van der Waals surface area (Å²) in [5.74, 6) is 2.25. The van der Waals surface area contributed by atoms with Crippen LogP contribution in [0.4, 0.5) is 5.69 Å². The number of phenols is 1. The van der Waals surface area contributed by atoms with E-state index in [1.54, 1.807) is 7.11 Å². The molecule has 0 radical (unpaired) electrons. The van der Waals surface area contributed by atoms with E-state index >= 15 is 0 Å². The molecule has 0 saturated heterocycles. The molecule has 0 heterocycles. The molecule has 5 nitrogen and oxygen atoms in total. The molecule has 40 heavy (non-hydrogen) atoms. The second-order valence-electron chi connectivity index (χ2n) is 11.0. The zero-order valence-electron chi connectivity index (χ0n) is 25.5. The van der Waals surface area contributed by atoms with Crippen LogP contribution in [0.15, 0.2) is 60.7 Å². The number of aromatic hydroxyl groups is 1. The second kappa shape index (κ2) is 15.8. The van der Waals surface area contributed by atoms with Gasteiger partial charge in [0.15, 0.2) is 0 Å². The summed E-state index contributed by atoms with van der Waals surface area (Å²) in [5, 5.41) is 9.48. The van der Waals surface area contributed by atoms with E-state index < -0.39 is 0 Å². The Morgan fingerprint density at radius 1 is 0.900 bits per heavy atom. The number of nitrogens with zero attached hydrogens (tertiary/aromatic N) is 2. The predicted molar refractivity (Wildman–Crippen MR) is 169 cm³/mol. The molecule has 0 amide bonds. The van der Waals surface area contributed by atoms with Crippen molar-refractivity contribution in [3.63, 3.8) is 0 Å². The lowest BCUT2D eigenvalue weighted by Gasteiger charge is -2.32. The second-order valence-corrected chi connectivity index (χ2v) is 11.0. The first kappa shape index (κ1) is 32.6. The maximum Gasteiger partial charge on any atom is 0.120 e. The summed E-state index contributed by atoms with van der Waals surface area (Å²) >= 11 is 0. The van der Waals surface area contributed by atoms with Crippen LogP contribution >= 0.6 is 0 Å². The van der Waals surface area contributed by atoms with Crippen LogP contribution in [-0.2, 0) is 19.4 Å². The van der Waals surface area contributed by atoms with E-state index in [1.807, 2.05) is 25.1 Å². The first-order chi connectivity index (χ1) is 19.1. The summed E-state index contributed by atoms with van der Waals surface area (Å²) in [6.45, 7) is 10.9. The molecule has 3 aromatic rings. The molecule has 216 valence electrons. The summed E-state index contributed by atoms with van der Waals surface area (Å²) < 4.78 is 11.3. The minimum absolute atomic E-state index is 0.00401. The number of likely N-dealkylation sites (N-methyl/N-ethyl adjacent to an activating group) is 1. The van der Waals surface area contributed by atoms with Crippen molar-refractivity contribution in [2.24, 2.45) is 0 Å². The van der Waals surface area contributed by atoms with E-state index in [9.17, 15) is 5.11 Å². The summed E-state index contributed by atoms with van der Waals surface area (Å²) in [7, 11) is 5.85. The number of anilines is 1. The van der Waals surface area contributed by atoms with Gasteiger partial charge in [0.1, 0.15) is 23.9 Å². The number of phenolic OH excluding ortho intramolecular Hbond substituents is 1. The Hall–Kier alpha value is -3.62. The van der Waals surface area contributed by atoms with Gasteiger partial charge in [-0.15, -0.1) is 12.8 Å². The molecule has 0 aliphatic heterocycles. The topological polar surface area (TPSA) is 45.2 Å². The molecular formula is C35H48N2O3. The van der Waals surface area contributed by atoms with Crippen LogP contribution < -0.4 is 14.4 Å². The van der Waals surface area contributed by atoms with E-state index in [4.69, 9.17) is 9.47 Å². The summed E-state index contributed by atoms with van der Waals surface area (Å²) in [6, 6.07) is 20.6. The fraction of sp³-hybridized carbons (Fsp3) is 0.429. The third-order valence-electron chi connectivity index (χ3n) is 7.56. The third-order valence-corrected chi connectivity index (χ3v) is 7.56. The standard InChI is InChI=1S/C22H32N2O2.C11H14O.C2H2/c1-7-24(19-9-8-10-21(15-19)25-6)16-18-11-13-20(14-12-18)26-17-22(2,3)23(4)5;1-8-6-9-4-2-3-5-10(9)7-11(8)12;1-2/h8-15H,7,16-17H2,1-6H3;6-7,12H,2-5H2,1H3;1-2H. The minimum atomic E-state index is 0.00401. The Bertz CT molecular complexity index is 1170. The lowest BCUT2D eigenvalue weighted by molar-refractivity contribution is 0.114. The molecule has 0 bridgehead atoms. The molecule has 0 aromatic heterocycles. The van der Waals surface area contributed by atoms with Crippen LogP contribution in [0.2, 0.25) is 0 Å². The van der Waals surface area contributed by atoms with Crippen LogP contribution in [-0.4, -0.2) is 49.9 Å². The molecule has 1 aliphatic rings. The molecule has 5 heteroatoms. The Balaban J connectivity index is 0.000000331. The molecule has 0 atom stereocenters. The SMILES string of the molecule is C#C.CCN(Cc1ccc(OCC(C)(C)N(C)C)cc1)c1cccc(OC)c1.Cc1cc2c(cc1O)CCCC2. The quantitative estimate of drug-likeness (QED) is 0.287. The van der Waals surface area contributed by atoms with Crippen molar-refractivity contribution in [3.8, 4) is 30.1 Å². The van der Waals surface area contributed by atoms with Gasteiger partial charge in [-0.1, -0.05) is 24.3 Å². The largest absolute Gasteiger partial charge is 0.508 e. The van der Waals surface area contributed by atoms with E-state index in [-0.39, 0.29) is 5.54 Å². The number of ether oxygens (including phenoxy) is 2. The van der Waals surface area contributed by atoms with Crippen LogP contribution in [0.3, 0.4) is 0 Å². The fourth-order valence-corrected chi connectivity index (χ4v) is 4.39. The molecular weight excluding hydrogens is 496 g/mol. The molecule has 3 aromatic carbocycles. The van der Waals surface area contributed by atoms with Crippen LogP contribution in [0.1, 0.15) is 55.9 Å². The highest BCUT2D eigenvalue weighted by molar-refractivity contribution is 5.51. The van der Waals surface area contributed by atoms with E-state index in [0.29, 0.717) is 12.4 Å². The minimum Gasteiger partial charge on any atom is -0.508 e. The summed E-state index contributed by atoms with van der Waals surface area (Å²) in [5.41, 5.74) is 6.23. The molecule has 0 unspecified atom stereocenters. The van der Waals surface area contributed by atoms with Crippen LogP contribution in [0, 0.1) is 19.8 Å². The average Bonchev–Trinajstić information content (AvgIpc) is 2.97. The highest BCUT2D eigenvalue weighted by atomic mass is 16.5. The van der Waals surface area contributed by atoms with Gasteiger partial charge in [0.2, 0.25) is 0 Å². The molecule has 4 rings (SSSR count). The maximum atomic E-state index is 9.48. The highest BCUT2D eigenvalue weighted by Gasteiger charge is 2.21. The monoisotopic (exact) mass is 544 g/mol. The van der Waals surface area contributed by atoms with Gasteiger partial charge in [0, 0.05) is 30.4 Å². The van der Waals surface area contributed by atoms with Crippen molar-refractivity contribution >= 4 is 5.69 Å². The Labute approximate surface area is 242 Å². The van der Waals surface area contributed by atoms with Gasteiger partial charge >= 0.3 is 0 Å². The number of hydrogen-bond donors (Lipinski definition) is 1. The zero-order valence-corrected chi connectivity index (χ0v) is 25.5. The van der Waals surface area contributed by atoms with Crippen molar-refractivity contribution in [1.82, 2.24) is 4.90 Å². The summed E-state index contributed by atoms with van der Waals surface area (Å²) in [6.07, 6.45) is 12.9. The van der Waals surface area contributed by atoms with Crippen LogP contribution in [0.5, 0.6) is 17.2 Å². The van der Waals surface area contributed by atoms with Gasteiger partial charge in [0.25, 0.3) is 0 Å². The Kier molecular flexibility index (Phi) is 12.9. The normalized spacial score (nSPS) is 12.2. The van der Waals surface area contributed by atoms with Crippen molar-refractivity contribution in [3.05, 3.63) is 82.9 Å². The summed E-state index contributed by atoms with van der Waals surface area (Å²) in [4.78, 5) is 4.50. The van der Waals surface area contributed by atoms with Gasteiger partial charge in [-0.05, 0) is 120 Å².